The van der Waals surface area contributed by atoms with E-state index >= 15 is 0 Å². The summed E-state index contributed by atoms with van der Waals surface area (Å²) in [5.41, 5.74) is 2.95. The lowest BCUT2D eigenvalue weighted by atomic mass is 9.87. The van der Waals surface area contributed by atoms with Crippen LogP contribution in [0.1, 0.15) is 32.8 Å². The highest BCUT2D eigenvalue weighted by atomic mass is 16.5. The van der Waals surface area contributed by atoms with Gasteiger partial charge in [0, 0.05) is 25.4 Å². The lowest BCUT2D eigenvalue weighted by Gasteiger charge is -2.24. The second-order valence-corrected chi connectivity index (χ2v) is 5.75. The molecule has 17 heavy (non-hydrogen) atoms. The molecule has 0 aliphatic carbocycles. The van der Waals surface area contributed by atoms with Crippen molar-refractivity contribution in [3.8, 4) is 0 Å². The lowest BCUT2D eigenvalue weighted by Crippen LogP contribution is -2.25. The van der Waals surface area contributed by atoms with Gasteiger partial charge in [-0.15, -0.1) is 0 Å². The van der Waals surface area contributed by atoms with Gasteiger partial charge in [0.25, 0.3) is 0 Å². The number of nitrogens with zero attached hydrogens (tertiary/aromatic N) is 1. The molecule has 1 aromatic rings. The molecule has 1 heterocycles. The summed E-state index contributed by atoms with van der Waals surface area (Å²) in [5, 5.41) is 0. The minimum absolute atomic E-state index is 0.237. The fourth-order valence-electron chi connectivity index (χ4n) is 2.18. The predicted octanol–water partition coefficient (Wildman–Crippen LogP) is 3.21. The van der Waals surface area contributed by atoms with Crippen molar-refractivity contribution in [3.05, 3.63) is 29.8 Å². The zero-order valence-corrected chi connectivity index (χ0v) is 11.2. The highest BCUT2D eigenvalue weighted by Crippen LogP contribution is 2.25. The molecule has 0 spiro atoms. The van der Waals surface area contributed by atoms with E-state index in [9.17, 15) is 0 Å². The standard InChI is InChI=1S/C15H23NO/c1-15(2,3)13-5-7-14(8-6-13)16-9-4-11-17-12-10-16/h5-8H,4,9-12H2,1-3H3. The Balaban J connectivity index is 2.11. The molecule has 0 aromatic heterocycles. The minimum atomic E-state index is 0.237. The molecule has 0 atom stereocenters. The summed E-state index contributed by atoms with van der Waals surface area (Å²) in [7, 11) is 0. The molecule has 1 aromatic carbocycles. The van der Waals surface area contributed by atoms with Crippen molar-refractivity contribution in [1.82, 2.24) is 0 Å². The summed E-state index contributed by atoms with van der Waals surface area (Å²) in [4.78, 5) is 2.42. The number of ether oxygens (including phenoxy) is 1. The van der Waals surface area contributed by atoms with Crippen LogP contribution in [-0.2, 0) is 10.2 Å². The van der Waals surface area contributed by atoms with E-state index < -0.39 is 0 Å². The van der Waals surface area contributed by atoms with Crippen LogP contribution in [0.3, 0.4) is 0 Å². The lowest BCUT2D eigenvalue weighted by molar-refractivity contribution is 0.152. The van der Waals surface area contributed by atoms with E-state index in [4.69, 9.17) is 4.74 Å². The van der Waals surface area contributed by atoms with Crippen molar-refractivity contribution >= 4 is 5.69 Å². The van der Waals surface area contributed by atoms with Crippen molar-refractivity contribution in [1.29, 1.82) is 0 Å². The van der Waals surface area contributed by atoms with Gasteiger partial charge >= 0.3 is 0 Å². The Bertz CT molecular complexity index is 342. The quantitative estimate of drug-likeness (QED) is 0.738. The summed E-state index contributed by atoms with van der Waals surface area (Å²) in [5.74, 6) is 0. The van der Waals surface area contributed by atoms with Crippen LogP contribution in [0.4, 0.5) is 5.69 Å². The summed E-state index contributed by atoms with van der Waals surface area (Å²) >= 11 is 0. The van der Waals surface area contributed by atoms with Gasteiger partial charge in [-0.2, -0.15) is 0 Å². The second kappa shape index (κ2) is 5.09. The largest absolute Gasteiger partial charge is 0.380 e. The molecule has 1 fully saturated rings. The van der Waals surface area contributed by atoms with Crippen LogP contribution < -0.4 is 4.90 Å². The summed E-state index contributed by atoms with van der Waals surface area (Å²) < 4.78 is 5.48. The average molecular weight is 233 g/mol. The topological polar surface area (TPSA) is 12.5 Å². The molecule has 94 valence electrons. The maximum absolute atomic E-state index is 5.48. The van der Waals surface area contributed by atoms with Crippen LogP contribution in [0, 0.1) is 0 Å². The van der Waals surface area contributed by atoms with Crippen molar-refractivity contribution < 1.29 is 4.74 Å². The van der Waals surface area contributed by atoms with E-state index in [0.717, 1.165) is 32.7 Å². The maximum Gasteiger partial charge on any atom is 0.0641 e. The van der Waals surface area contributed by atoms with Gasteiger partial charge in [0.1, 0.15) is 0 Å². The third kappa shape index (κ3) is 3.22. The first-order valence-corrected chi connectivity index (χ1v) is 6.50. The van der Waals surface area contributed by atoms with E-state index in [-0.39, 0.29) is 5.41 Å². The fourth-order valence-corrected chi connectivity index (χ4v) is 2.18. The summed E-state index contributed by atoms with van der Waals surface area (Å²) in [6.07, 6.45) is 1.13. The number of rotatable bonds is 1. The molecular weight excluding hydrogens is 210 g/mol. The monoisotopic (exact) mass is 233 g/mol. The van der Waals surface area contributed by atoms with E-state index in [1.807, 2.05) is 0 Å². The molecule has 2 nitrogen and oxygen atoms in total. The molecule has 0 unspecified atom stereocenters. The molecule has 2 heteroatoms. The summed E-state index contributed by atoms with van der Waals surface area (Å²) in [6, 6.07) is 8.99. The first-order chi connectivity index (χ1) is 8.07. The minimum Gasteiger partial charge on any atom is -0.380 e. The molecular formula is C15H23NO. The van der Waals surface area contributed by atoms with Crippen LogP contribution in [-0.4, -0.2) is 26.3 Å². The van der Waals surface area contributed by atoms with E-state index in [2.05, 4.69) is 49.9 Å². The van der Waals surface area contributed by atoms with Crippen molar-refractivity contribution in [2.24, 2.45) is 0 Å². The third-order valence-corrected chi connectivity index (χ3v) is 3.32. The smallest absolute Gasteiger partial charge is 0.0641 e. The normalized spacial score (nSPS) is 17.9. The van der Waals surface area contributed by atoms with Crippen LogP contribution in [0.2, 0.25) is 0 Å². The van der Waals surface area contributed by atoms with Crippen molar-refractivity contribution in [3.63, 3.8) is 0 Å². The zero-order chi connectivity index (χ0) is 12.3. The fraction of sp³-hybridized carbons (Fsp3) is 0.600. The predicted molar refractivity (Wildman–Crippen MR) is 72.8 cm³/mol. The van der Waals surface area contributed by atoms with Crippen molar-refractivity contribution in [2.75, 3.05) is 31.2 Å². The Hall–Kier alpha value is -1.02. The second-order valence-electron chi connectivity index (χ2n) is 5.75. The van der Waals surface area contributed by atoms with Gasteiger partial charge in [-0.3, -0.25) is 0 Å². The Morgan fingerprint density at radius 3 is 2.35 bits per heavy atom. The van der Waals surface area contributed by atoms with Gasteiger partial charge in [0.15, 0.2) is 0 Å². The summed E-state index contributed by atoms with van der Waals surface area (Å²) in [6.45, 7) is 10.6. The Labute approximate surface area is 105 Å². The molecule has 0 N–H and O–H groups in total. The van der Waals surface area contributed by atoms with E-state index in [1.165, 1.54) is 11.3 Å². The molecule has 1 aliphatic heterocycles. The molecule has 0 amide bonds. The maximum atomic E-state index is 5.48. The van der Waals surface area contributed by atoms with Crippen molar-refractivity contribution in [2.45, 2.75) is 32.6 Å². The van der Waals surface area contributed by atoms with E-state index in [0.29, 0.717) is 0 Å². The number of hydrogen-bond donors (Lipinski definition) is 0. The molecule has 0 bridgehead atoms. The van der Waals surface area contributed by atoms with Gasteiger partial charge in [0.05, 0.1) is 6.61 Å². The van der Waals surface area contributed by atoms with Gasteiger partial charge in [-0.25, -0.2) is 0 Å². The van der Waals surface area contributed by atoms with Gasteiger partial charge in [-0.1, -0.05) is 32.9 Å². The van der Waals surface area contributed by atoms with Crippen LogP contribution in [0.25, 0.3) is 0 Å². The zero-order valence-electron chi connectivity index (χ0n) is 11.2. The third-order valence-electron chi connectivity index (χ3n) is 3.32. The first kappa shape index (κ1) is 12.4. The molecule has 0 saturated carbocycles. The first-order valence-electron chi connectivity index (χ1n) is 6.50. The Kier molecular flexibility index (Phi) is 3.72. The molecule has 1 saturated heterocycles. The van der Waals surface area contributed by atoms with Crippen LogP contribution in [0.5, 0.6) is 0 Å². The number of hydrogen-bond acceptors (Lipinski definition) is 2. The van der Waals surface area contributed by atoms with Gasteiger partial charge in [0.2, 0.25) is 0 Å². The number of anilines is 1. The Morgan fingerprint density at radius 1 is 1.00 bits per heavy atom. The molecule has 1 aliphatic rings. The van der Waals surface area contributed by atoms with Crippen LogP contribution >= 0.6 is 0 Å². The van der Waals surface area contributed by atoms with E-state index in [1.54, 1.807) is 0 Å². The molecule has 0 radical (unpaired) electrons. The molecule has 2 rings (SSSR count). The number of benzene rings is 1. The average Bonchev–Trinajstić information content (AvgIpc) is 2.56. The highest BCUT2D eigenvalue weighted by molar-refractivity contribution is 5.48. The van der Waals surface area contributed by atoms with Gasteiger partial charge in [-0.05, 0) is 29.5 Å². The Morgan fingerprint density at radius 2 is 1.71 bits per heavy atom. The van der Waals surface area contributed by atoms with Gasteiger partial charge < -0.3 is 9.64 Å². The SMILES string of the molecule is CC(C)(C)c1ccc(N2CCCOCC2)cc1. The van der Waals surface area contributed by atoms with Crippen LogP contribution in [0.15, 0.2) is 24.3 Å². The highest BCUT2D eigenvalue weighted by Gasteiger charge is 2.14.